The first kappa shape index (κ1) is 20.8. The average Bonchev–Trinajstić information content (AvgIpc) is 3.22. The summed E-state index contributed by atoms with van der Waals surface area (Å²) in [5.74, 6) is 1.20. The predicted octanol–water partition coefficient (Wildman–Crippen LogP) is 1.81. The van der Waals surface area contributed by atoms with Crippen LogP contribution in [0.1, 0.15) is 42.4 Å². The van der Waals surface area contributed by atoms with Crippen molar-refractivity contribution in [3.63, 3.8) is 0 Å². The highest BCUT2D eigenvalue weighted by molar-refractivity contribution is 7.91. The Morgan fingerprint density at radius 3 is 2.50 bits per heavy atom. The third-order valence-corrected chi connectivity index (χ3v) is 7.46. The largest absolute Gasteiger partial charge is 0.340 e. The number of hydrogen-bond acceptors (Lipinski definition) is 7. The van der Waals surface area contributed by atoms with Gasteiger partial charge in [0, 0.05) is 30.5 Å². The Hall–Kier alpha value is -2.49. The van der Waals surface area contributed by atoms with Crippen molar-refractivity contribution in [2.75, 3.05) is 34.8 Å². The van der Waals surface area contributed by atoms with E-state index in [1.54, 1.807) is 10.7 Å². The highest BCUT2D eigenvalue weighted by atomic mass is 32.2. The second-order valence-corrected chi connectivity index (χ2v) is 10.6. The van der Waals surface area contributed by atoms with Crippen molar-refractivity contribution in [3.05, 3.63) is 29.2 Å². The van der Waals surface area contributed by atoms with E-state index < -0.39 is 9.84 Å². The highest BCUT2D eigenvalue weighted by Gasteiger charge is 2.33. The summed E-state index contributed by atoms with van der Waals surface area (Å²) in [5, 5.41) is 7.44. The molecule has 2 fully saturated rings. The number of piperidine rings is 1. The van der Waals surface area contributed by atoms with Crippen molar-refractivity contribution in [2.45, 2.75) is 46.1 Å². The Morgan fingerprint density at radius 1 is 1.10 bits per heavy atom. The fraction of sp³-hybridized carbons (Fsp3) is 0.600. The SMILES string of the molecule is Cc1cc(C)nc(N2CCC[C@@H](C(=O)Nc3cc(C)nn3[C@H]3CCS(=O)(=O)C3)C2)n1. The van der Waals surface area contributed by atoms with Crippen LogP contribution < -0.4 is 10.2 Å². The lowest BCUT2D eigenvalue weighted by molar-refractivity contribution is -0.120. The van der Waals surface area contributed by atoms with Crippen LogP contribution >= 0.6 is 0 Å². The third kappa shape index (κ3) is 4.48. The molecule has 0 radical (unpaired) electrons. The van der Waals surface area contributed by atoms with E-state index in [2.05, 4.69) is 25.3 Å². The van der Waals surface area contributed by atoms with Gasteiger partial charge < -0.3 is 10.2 Å². The third-order valence-electron chi connectivity index (χ3n) is 5.71. The lowest BCUT2D eigenvalue weighted by Crippen LogP contribution is -2.42. The summed E-state index contributed by atoms with van der Waals surface area (Å²) < 4.78 is 25.4. The van der Waals surface area contributed by atoms with Crippen LogP contribution in [0.25, 0.3) is 0 Å². The van der Waals surface area contributed by atoms with E-state index in [0.717, 1.165) is 36.5 Å². The molecule has 4 rings (SSSR count). The molecular formula is C20H28N6O3S. The van der Waals surface area contributed by atoms with E-state index in [9.17, 15) is 13.2 Å². The first-order valence-corrected chi connectivity index (χ1v) is 12.2. The number of nitrogens with one attached hydrogen (secondary N) is 1. The van der Waals surface area contributed by atoms with Gasteiger partial charge in [0.05, 0.1) is 29.2 Å². The molecule has 4 heterocycles. The number of rotatable bonds is 4. The summed E-state index contributed by atoms with van der Waals surface area (Å²) in [7, 11) is -3.04. The molecule has 1 N–H and O–H groups in total. The zero-order chi connectivity index (χ0) is 21.5. The van der Waals surface area contributed by atoms with Crippen molar-refractivity contribution in [3.8, 4) is 0 Å². The molecule has 10 heteroatoms. The summed E-state index contributed by atoms with van der Waals surface area (Å²) in [6.45, 7) is 7.11. The van der Waals surface area contributed by atoms with Crippen molar-refractivity contribution in [1.82, 2.24) is 19.7 Å². The smallest absolute Gasteiger partial charge is 0.230 e. The molecule has 2 atom stereocenters. The molecule has 2 aromatic rings. The van der Waals surface area contributed by atoms with Crippen molar-refractivity contribution < 1.29 is 13.2 Å². The summed E-state index contributed by atoms with van der Waals surface area (Å²) >= 11 is 0. The van der Waals surface area contributed by atoms with Gasteiger partial charge in [-0.15, -0.1) is 0 Å². The van der Waals surface area contributed by atoms with Gasteiger partial charge in [0.25, 0.3) is 0 Å². The lowest BCUT2D eigenvalue weighted by atomic mass is 9.97. The van der Waals surface area contributed by atoms with Gasteiger partial charge in [0.2, 0.25) is 11.9 Å². The first-order valence-electron chi connectivity index (χ1n) is 10.3. The molecule has 0 aliphatic carbocycles. The summed E-state index contributed by atoms with van der Waals surface area (Å²) in [5.41, 5.74) is 2.58. The Morgan fingerprint density at radius 2 is 1.83 bits per heavy atom. The molecular weight excluding hydrogens is 404 g/mol. The zero-order valence-electron chi connectivity index (χ0n) is 17.6. The zero-order valence-corrected chi connectivity index (χ0v) is 18.4. The van der Waals surface area contributed by atoms with Gasteiger partial charge in [-0.05, 0) is 46.1 Å². The molecule has 30 heavy (non-hydrogen) atoms. The van der Waals surface area contributed by atoms with Gasteiger partial charge in [-0.2, -0.15) is 5.10 Å². The van der Waals surface area contributed by atoms with Crippen LogP contribution in [-0.4, -0.2) is 58.7 Å². The van der Waals surface area contributed by atoms with Crippen LogP contribution in [0.2, 0.25) is 0 Å². The maximum absolute atomic E-state index is 13.0. The monoisotopic (exact) mass is 432 g/mol. The molecule has 2 aromatic heterocycles. The summed E-state index contributed by atoms with van der Waals surface area (Å²) in [4.78, 5) is 24.2. The predicted molar refractivity (Wildman–Crippen MR) is 114 cm³/mol. The molecule has 0 saturated carbocycles. The van der Waals surface area contributed by atoms with Gasteiger partial charge in [-0.3, -0.25) is 4.79 Å². The van der Waals surface area contributed by atoms with Crippen LogP contribution in [0.4, 0.5) is 11.8 Å². The standard InChI is InChI=1S/C20H28N6O3S/c1-13-9-14(2)22-20(21-13)25-7-4-5-16(11-25)19(27)23-18-10-15(3)24-26(18)17-6-8-30(28,29)12-17/h9-10,16-17H,4-8,11-12H2,1-3H3,(H,23,27)/t16-,17+/m1/s1. The number of aryl methyl sites for hydroxylation is 3. The van der Waals surface area contributed by atoms with E-state index in [1.165, 1.54) is 0 Å². The lowest BCUT2D eigenvalue weighted by Gasteiger charge is -2.32. The summed E-state index contributed by atoms with van der Waals surface area (Å²) in [6, 6.07) is 3.51. The molecule has 0 bridgehead atoms. The first-order chi connectivity index (χ1) is 14.2. The number of anilines is 2. The van der Waals surface area contributed by atoms with E-state index in [-0.39, 0.29) is 29.4 Å². The van der Waals surface area contributed by atoms with E-state index in [1.807, 2.05) is 26.8 Å². The molecule has 2 aliphatic rings. The van der Waals surface area contributed by atoms with E-state index in [4.69, 9.17) is 0 Å². The molecule has 9 nitrogen and oxygen atoms in total. The van der Waals surface area contributed by atoms with Crippen molar-refractivity contribution in [1.29, 1.82) is 0 Å². The average molecular weight is 433 g/mol. The number of amides is 1. The number of nitrogens with zero attached hydrogens (tertiary/aromatic N) is 5. The van der Waals surface area contributed by atoms with Crippen LogP contribution in [-0.2, 0) is 14.6 Å². The Bertz CT molecular complexity index is 1040. The summed E-state index contributed by atoms with van der Waals surface area (Å²) in [6.07, 6.45) is 2.19. The topological polar surface area (TPSA) is 110 Å². The van der Waals surface area contributed by atoms with Crippen LogP contribution in [0, 0.1) is 26.7 Å². The molecule has 162 valence electrons. The van der Waals surface area contributed by atoms with Gasteiger partial charge in [-0.25, -0.2) is 23.1 Å². The Balaban J connectivity index is 1.48. The normalized spacial score (nSPS) is 23.5. The number of hydrogen-bond donors (Lipinski definition) is 1. The van der Waals surface area contributed by atoms with Gasteiger partial charge in [0.1, 0.15) is 5.82 Å². The fourth-order valence-corrected chi connectivity index (χ4v) is 6.00. The molecule has 0 aromatic carbocycles. The maximum atomic E-state index is 13.0. The van der Waals surface area contributed by atoms with Crippen LogP contribution in [0.3, 0.4) is 0 Å². The fourth-order valence-electron chi connectivity index (χ4n) is 4.31. The minimum absolute atomic E-state index is 0.0677. The van der Waals surface area contributed by atoms with Crippen LogP contribution in [0.5, 0.6) is 0 Å². The van der Waals surface area contributed by atoms with Crippen molar-refractivity contribution in [2.24, 2.45) is 5.92 Å². The van der Waals surface area contributed by atoms with E-state index in [0.29, 0.717) is 24.7 Å². The number of sulfone groups is 1. The number of aromatic nitrogens is 4. The molecule has 0 spiro atoms. The number of carbonyl (C=O) groups is 1. The van der Waals surface area contributed by atoms with Crippen LogP contribution in [0.15, 0.2) is 12.1 Å². The van der Waals surface area contributed by atoms with Gasteiger partial charge >= 0.3 is 0 Å². The quantitative estimate of drug-likeness (QED) is 0.784. The highest BCUT2D eigenvalue weighted by Crippen LogP contribution is 2.28. The Labute approximate surface area is 176 Å². The van der Waals surface area contributed by atoms with Gasteiger partial charge in [-0.1, -0.05) is 0 Å². The minimum atomic E-state index is -3.04. The molecule has 2 aliphatic heterocycles. The van der Waals surface area contributed by atoms with Gasteiger partial charge in [0.15, 0.2) is 9.84 Å². The van der Waals surface area contributed by atoms with Crippen molar-refractivity contribution >= 4 is 27.5 Å². The minimum Gasteiger partial charge on any atom is -0.340 e. The molecule has 1 amide bonds. The second-order valence-electron chi connectivity index (χ2n) is 8.40. The molecule has 2 saturated heterocycles. The Kier molecular flexibility index (Phi) is 5.52. The number of carbonyl (C=O) groups excluding carboxylic acids is 1. The second kappa shape index (κ2) is 7.98. The molecule has 0 unspecified atom stereocenters. The van der Waals surface area contributed by atoms with E-state index >= 15 is 0 Å². The maximum Gasteiger partial charge on any atom is 0.230 e.